The highest BCUT2D eigenvalue weighted by Crippen LogP contribution is 2.34. The van der Waals surface area contributed by atoms with Crippen LogP contribution in [0.3, 0.4) is 0 Å². The van der Waals surface area contributed by atoms with Crippen molar-refractivity contribution in [1.29, 1.82) is 0 Å². The number of aromatic nitrogens is 6. The van der Waals surface area contributed by atoms with Gasteiger partial charge in [-0.1, -0.05) is 0 Å². The summed E-state index contributed by atoms with van der Waals surface area (Å²) >= 11 is 0. The van der Waals surface area contributed by atoms with Crippen LogP contribution in [0.2, 0.25) is 0 Å². The lowest BCUT2D eigenvalue weighted by atomic mass is 9.87. The molecule has 0 radical (unpaired) electrons. The van der Waals surface area contributed by atoms with Gasteiger partial charge in [0.25, 0.3) is 0 Å². The normalized spacial score (nSPS) is 22.1. The maximum atomic E-state index is 4.42. The van der Waals surface area contributed by atoms with E-state index >= 15 is 0 Å². The minimum Gasteiger partial charge on any atom is -0.367 e. The van der Waals surface area contributed by atoms with Crippen LogP contribution in [0.5, 0.6) is 0 Å². The highest BCUT2D eigenvalue weighted by atomic mass is 15.3. The van der Waals surface area contributed by atoms with E-state index in [4.69, 9.17) is 0 Å². The van der Waals surface area contributed by atoms with E-state index in [9.17, 15) is 0 Å². The predicted octanol–water partition coefficient (Wildman–Crippen LogP) is 1.35. The van der Waals surface area contributed by atoms with E-state index in [2.05, 4.69) is 43.6 Å². The molecule has 0 aliphatic carbocycles. The topological polar surface area (TPSA) is 76.2 Å². The molecule has 4 heterocycles. The van der Waals surface area contributed by atoms with Gasteiger partial charge in [0, 0.05) is 32.2 Å². The molecule has 1 saturated heterocycles. The summed E-state index contributed by atoms with van der Waals surface area (Å²) < 4.78 is 3.86. The molecule has 0 saturated carbocycles. The number of nitrogens with zero attached hydrogens (tertiary/aromatic N) is 7. The highest BCUT2D eigenvalue weighted by molar-refractivity contribution is 5.61. The van der Waals surface area contributed by atoms with Crippen LogP contribution >= 0.6 is 0 Å². The number of likely N-dealkylation sites (tertiary alicyclic amines) is 1. The number of aryl methyl sites for hydroxylation is 1. The summed E-state index contributed by atoms with van der Waals surface area (Å²) in [4.78, 5) is 6.85. The Morgan fingerprint density at radius 1 is 1.29 bits per heavy atom. The third-order valence-electron chi connectivity index (χ3n) is 4.92. The third-order valence-corrected chi connectivity index (χ3v) is 4.92. The minimum absolute atomic E-state index is 0.358. The molecule has 1 fully saturated rings. The minimum atomic E-state index is 0.358. The van der Waals surface area contributed by atoms with Crippen molar-refractivity contribution in [3.05, 3.63) is 36.7 Å². The van der Waals surface area contributed by atoms with Crippen molar-refractivity contribution in [2.45, 2.75) is 18.9 Å². The van der Waals surface area contributed by atoms with E-state index in [1.807, 2.05) is 28.5 Å². The molecule has 0 aromatic carbocycles. The number of rotatable bonds is 4. The largest absolute Gasteiger partial charge is 0.367 e. The van der Waals surface area contributed by atoms with Crippen molar-refractivity contribution >= 4 is 11.5 Å². The van der Waals surface area contributed by atoms with Crippen LogP contribution in [0.4, 0.5) is 5.82 Å². The molecule has 126 valence electrons. The van der Waals surface area contributed by atoms with Gasteiger partial charge < -0.3 is 5.32 Å². The molecule has 1 N–H and O–H groups in total. The first-order valence-electron chi connectivity index (χ1n) is 8.30. The zero-order valence-electron chi connectivity index (χ0n) is 14.0. The number of nitrogens with one attached hydrogen (secondary N) is 1. The van der Waals surface area contributed by atoms with Gasteiger partial charge in [-0.25, -0.2) is 4.98 Å². The lowest BCUT2D eigenvalue weighted by Gasteiger charge is -2.39. The Hall–Kier alpha value is -2.48. The summed E-state index contributed by atoms with van der Waals surface area (Å²) in [5.74, 6) is 1.27. The van der Waals surface area contributed by atoms with Crippen LogP contribution in [0, 0.1) is 5.92 Å². The van der Waals surface area contributed by atoms with Gasteiger partial charge in [0.1, 0.15) is 6.33 Å². The van der Waals surface area contributed by atoms with Gasteiger partial charge in [-0.15, -0.1) is 10.2 Å². The Labute approximate surface area is 140 Å². The van der Waals surface area contributed by atoms with E-state index in [0.29, 0.717) is 12.0 Å². The first kappa shape index (κ1) is 15.1. The zero-order chi connectivity index (χ0) is 16.5. The van der Waals surface area contributed by atoms with E-state index in [-0.39, 0.29) is 0 Å². The second-order valence-electron chi connectivity index (χ2n) is 6.43. The maximum Gasteiger partial charge on any atom is 0.203 e. The highest BCUT2D eigenvalue weighted by Gasteiger charge is 2.32. The Bertz CT molecular complexity index is 822. The van der Waals surface area contributed by atoms with E-state index in [0.717, 1.165) is 24.6 Å². The number of anilines is 1. The molecule has 0 amide bonds. The summed E-state index contributed by atoms with van der Waals surface area (Å²) in [5, 5.41) is 15.9. The van der Waals surface area contributed by atoms with Crippen molar-refractivity contribution in [3.63, 3.8) is 0 Å². The fourth-order valence-electron chi connectivity index (χ4n) is 3.73. The van der Waals surface area contributed by atoms with E-state index in [1.54, 1.807) is 12.5 Å². The second-order valence-corrected chi connectivity index (χ2v) is 6.43. The van der Waals surface area contributed by atoms with Crippen LogP contribution in [0.25, 0.3) is 5.65 Å². The molecule has 24 heavy (non-hydrogen) atoms. The molecule has 4 rings (SSSR count). The summed E-state index contributed by atoms with van der Waals surface area (Å²) in [5.41, 5.74) is 2.02. The van der Waals surface area contributed by atoms with Gasteiger partial charge in [-0.2, -0.15) is 5.10 Å². The Morgan fingerprint density at radius 2 is 2.21 bits per heavy atom. The standard InChI is InChI=1S/C16H22N8/c1-22-8-3-4-12(14(22)13-5-6-20-23(13)2)10-18-15-16-21-19-11-24(16)9-7-17-15/h5-7,9,11-12,14H,3-4,8,10H2,1-2H3,(H,17,18)/t12-,14+/m0/s1. The maximum absolute atomic E-state index is 4.42. The molecule has 1 aliphatic heterocycles. The molecule has 8 heteroatoms. The number of piperidine rings is 1. The summed E-state index contributed by atoms with van der Waals surface area (Å²) in [6.45, 7) is 1.96. The van der Waals surface area contributed by atoms with Crippen molar-refractivity contribution in [3.8, 4) is 0 Å². The number of fused-ring (bicyclic) bond motifs is 1. The smallest absolute Gasteiger partial charge is 0.203 e. The summed E-state index contributed by atoms with van der Waals surface area (Å²) in [6, 6.07) is 2.48. The first-order valence-corrected chi connectivity index (χ1v) is 8.30. The van der Waals surface area contributed by atoms with Crippen LogP contribution in [0.1, 0.15) is 24.6 Å². The van der Waals surface area contributed by atoms with Gasteiger partial charge >= 0.3 is 0 Å². The molecule has 1 aliphatic rings. The SMILES string of the molecule is CN1CCC[C@@H](CNc2nccn3cnnc23)[C@@H]1c1ccnn1C. The third kappa shape index (κ3) is 2.62. The van der Waals surface area contributed by atoms with Crippen molar-refractivity contribution in [1.82, 2.24) is 34.3 Å². The van der Waals surface area contributed by atoms with Gasteiger partial charge in [0.15, 0.2) is 5.82 Å². The monoisotopic (exact) mass is 326 g/mol. The summed E-state index contributed by atoms with van der Waals surface area (Å²) in [6.07, 6.45) is 9.58. The van der Waals surface area contributed by atoms with Crippen LogP contribution in [0.15, 0.2) is 31.0 Å². The van der Waals surface area contributed by atoms with Crippen molar-refractivity contribution in [2.24, 2.45) is 13.0 Å². The van der Waals surface area contributed by atoms with Crippen LogP contribution in [-0.4, -0.2) is 54.4 Å². The molecule has 8 nitrogen and oxygen atoms in total. The molecular formula is C16H22N8. The average Bonchev–Trinajstić information content (AvgIpc) is 3.22. The van der Waals surface area contributed by atoms with Crippen molar-refractivity contribution in [2.75, 3.05) is 25.5 Å². The fourth-order valence-corrected chi connectivity index (χ4v) is 3.73. The molecule has 3 aromatic heterocycles. The van der Waals surface area contributed by atoms with Gasteiger partial charge in [-0.05, 0) is 38.4 Å². The van der Waals surface area contributed by atoms with Crippen molar-refractivity contribution < 1.29 is 0 Å². The number of hydrogen-bond donors (Lipinski definition) is 1. The Balaban J connectivity index is 1.56. The Morgan fingerprint density at radius 3 is 3.04 bits per heavy atom. The predicted molar refractivity (Wildman–Crippen MR) is 90.6 cm³/mol. The average molecular weight is 326 g/mol. The van der Waals surface area contributed by atoms with Gasteiger partial charge in [-0.3, -0.25) is 14.0 Å². The quantitative estimate of drug-likeness (QED) is 0.780. The van der Waals surface area contributed by atoms with E-state index < -0.39 is 0 Å². The molecular weight excluding hydrogens is 304 g/mol. The molecule has 0 bridgehead atoms. The second kappa shape index (κ2) is 6.20. The van der Waals surface area contributed by atoms with Gasteiger partial charge in [0.05, 0.1) is 11.7 Å². The zero-order valence-corrected chi connectivity index (χ0v) is 14.0. The first-order chi connectivity index (χ1) is 11.7. The Kier molecular flexibility index (Phi) is 3.89. The molecule has 3 aromatic rings. The lowest BCUT2D eigenvalue weighted by Crippen LogP contribution is -2.40. The van der Waals surface area contributed by atoms with Crippen LogP contribution < -0.4 is 5.32 Å². The number of hydrogen-bond acceptors (Lipinski definition) is 6. The van der Waals surface area contributed by atoms with Gasteiger partial charge in [0.2, 0.25) is 5.65 Å². The molecule has 2 atom stereocenters. The fraction of sp³-hybridized carbons (Fsp3) is 0.500. The molecule has 0 spiro atoms. The van der Waals surface area contributed by atoms with E-state index in [1.165, 1.54) is 18.5 Å². The van der Waals surface area contributed by atoms with Crippen LogP contribution in [-0.2, 0) is 7.05 Å². The molecule has 0 unspecified atom stereocenters. The lowest BCUT2D eigenvalue weighted by molar-refractivity contribution is 0.121. The summed E-state index contributed by atoms with van der Waals surface area (Å²) in [7, 11) is 4.21.